The zero-order chi connectivity index (χ0) is 14.9. The Morgan fingerprint density at radius 3 is 2.75 bits per heavy atom. The number of fused-ring (bicyclic) bond motifs is 1. The van der Waals surface area contributed by atoms with Gasteiger partial charge in [0.15, 0.2) is 5.76 Å². The van der Waals surface area contributed by atoms with Gasteiger partial charge >= 0.3 is 5.97 Å². The van der Waals surface area contributed by atoms with Crippen molar-refractivity contribution >= 4 is 22.8 Å². The van der Waals surface area contributed by atoms with E-state index in [1.807, 2.05) is 0 Å². The molecule has 20 heavy (non-hydrogen) atoms. The summed E-state index contributed by atoms with van der Waals surface area (Å²) >= 11 is 0. The van der Waals surface area contributed by atoms with Crippen molar-refractivity contribution in [1.82, 2.24) is 4.90 Å². The van der Waals surface area contributed by atoms with Gasteiger partial charge in [0.2, 0.25) is 0 Å². The van der Waals surface area contributed by atoms with Crippen LogP contribution in [0.15, 0.2) is 22.6 Å². The largest absolute Gasteiger partial charge is 0.481 e. The molecule has 0 saturated carbocycles. The van der Waals surface area contributed by atoms with E-state index >= 15 is 0 Å². The first kappa shape index (κ1) is 14.0. The number of aliphatic carboxylic acids is 1. The molecule has 0 unspecified atom stereocenters. The smallest absolute Gasteiger partial charge is 0.305 e. The fourth-order valence-electron chi connectivity index (χ4n) is 1.94. The molecule has 1 aromatic heterocycles. The molecular formula is C14H14FNO4. The molecule has 0 spiro atoms. The molecule has 0 aliphatic carbocycles. The molecule has 6 heteroatoms. The van der Waals surface area contributed by atoms with Crippen LogP contribution in [-0.2, 0) is 4.79 Å². The Kier molecular flexibility index (Phi) is 3.74. The molecule has 1 heterocycles. The van der Waals surface area contributed by atoms with Crippen molar-refractivity contribution in [2.24, 2.45) is 0 Å². The first-order chi connectivity index (χ1) is 9.40. The summed E-state index contributed by atoms with van der Waals surface area (Å²) in [4.78, 5) is 24.0. The second-order valence-electron chi connectivity index (χ2n) is 4.57. The Hall–Kier alpha value is -2.37. The number of benzene rings is 1. The van der Waals surface area contributed by atoms with Gasteiger partial charge in [-0.05, 0) is 25.1 Å². The summed E-state index contributed by atoms with van der Waals surface area (Å²) in [7, 11) is 1.50. The van der Waals surface area contributed by atoms with Crippen LogP contribution in [0.4, 0.5) is 4.39 Å². The highest BCUT2D eigenvalue weighted by atomic mass is 19.1. The van der Waals surface area contributed by atoms with Gasteiger partial charge in [0.25, 0.3) is 5.91 Å². The number of halogens is 1. The third-order valence-corrected chi connectivity index (χ3v) is 3.10. The predicted octanol–water partition coefficient (Wildman–Crippen LogP) is 2.43. The maximum atomic E-state index is 13.2. The molecule has 5 nitrogen and oxygen atoms in total. The van der Waals surface area contributed by atoms with E-state index in [9.17, 15) is 14.0 Å². The van der Waals surface area contributed by atoms with Gasteiger partial charge in [-0.2, -0.15) is 0 Å². The minimum atomic E-state index is -0.979. The van der Waals surface area contributed by atoms with Crippen molar-refractivity contribution in [3.63, 3.8) is 0 Å². The SMILES string of the molecule is Cc1c(C(=O)N(C)CCC(=O)O)oc2ccc(F)cc12. The normalized spacial score (nSPS) is 10.8. The van der Waals surface area contributed by atoms with E-state index in [1.165, 1.54) is 30.1 Å². The number of furan rings is 1. The summed E-state index contributed by atoms with van der Waals surface area (Å²) in [5.41, 5.74) is 0.977. The van der Waals surface area contributed by atoms with Crippen molar-refractivity contribution in [2.45, 2.75) is 13.3 Å². The van der Waals surface area contributed by atoms with Gasteiger partial charge < -0.3 is 14.4 Å². The first-order valence-electron chi connectivity index (χ1n) is 6.06. The summed E-state index contributed by atoms with van der Waals surface area (Å²) in [6.45, 7) is 1.75. The topological polar surface area (TPSA) is 70.8 Å². The summed E-state index contributed by atoms with van der Waals surface area (Å²) in [5, 5.41) is 9.15. The molecule has 1 aromatic carbocycles. The minimum absolute atomic E-state index is 0.0824. The fraction of sp³-hybridized carbons (Fsp3) is 0.286. The number of amides is 1. The van der Waals surface area contributed by atoms with E-state index in [-0.39, 0.29) is 18.7 Å². The molecule has 106 valence electrons. The average Bonchev–Trinajstić information content (AvgIpc) is 2.72. The molecule has 0 aliphatic heterocycles. The standard InChI is InChI=1S/C14H14FNO4/c1-8-10-7-9(15)3-4-11(10)20-13(8)14(19)16(2)6-5-12(17)18/h3-4,7H,5-6H2,1-2H3,(H,17,18). The lowest BCUT2D eigenvalue weighted by atomic mass is 10.1. The lowest BCUT2D eigenvalue weighted by Crippen LogP contribution is -2.29. The van der Waals surface area contributed by atoms with Gasteiger partial charge in [0.1, 0.15) is 11.4 Å². The molecule has 0 fully saturated rings. The van der Waals surface area contributed by atoms with Crippen molar-refractivity contribution in [2.75, 3.05) is 13.6 Å². The zero-order valence-corrected chi connectivity index (χ0v) is 11.1. The molecule has 0 atom stereocenters. The lowest BCUT2D eigenvalue weighted by molar-refractivity contribution is -0.137. The second-order valence-corrected chi connectivity index (χ2v) is 4.57. The third kappa shape index (κ3) is 2.64. The van der Waals surface area contributed by atoms with E-state index in [4.69, 9.17) is 9.52 Å². The quantitative estimate of drug-likeness (QED) is 0.933. The van der Waals surface area contributed by atoms with E-state index in [2.05, 4.69) is 0 Å². The molecular weight excluding hydrogens is 265 g/mol. The number of hydrogen-bond donors (Lipinski definition) is 1. The highest BCUT2D eigenvalue weighted by Gasteiger charge is 2.21. The van der Waals surface area contributed by atoms with Crippen LogP contribution in [0.1, 0.15) is 22.5 Å². The van der Waals surface area contributed by atoms with Crippen LogP contribution in [0, 0.1) is 12.7 Å². The first-order valence-corrected chi connectivity index (χ1v) is 6.06. The van der Waals surface area contributed by atoms with Gasteiger partial charge in [-0.3, -0.25) is 9.59 Å². The van der Waals surface area contributed by atoms with E-state index in [0.29, 0.717) is 16.5 Å². The predicted molar refractivity (Wildman–Crippen MR) is 70.1 cm³/mol. The van der Waals surface area contributed by atoms with Crippen molar-refractivity contribution in [3.8, 4) is 0 Å². The van der Waals surface area contributed by atoms with Gasteiger partial charge in [-0.15, -0.1) is 0 Å². The number of aryl methyl sites for hydroxylation is 1. The number of carboxylic acids is 1. The summed E-state index contributed by atoms with van der Waals surface area (Å²) in [6, 6.07) is 4.03. The van der Waals surface area contributed by atoms with Crippen molar-refractivity contribution in [1.29, 1.82) is 0 Å². The Balaban J connectivity index is 2.30. The minimum Gasteiger partial charge on any atom is -0.481 e. The van der Waals surface area contributed by atoms with Gasteiger partial charge in [0, 0.05) is 24.5 Å². The number of carbonyl (C=O) groups is 2. The maximum Gasteiger partial charge on any atom is 0.305 e. The highest BCUT2D eigenvalue weighted by molar-refractivity contribution is 5.98. The zero-order valence-electron chi connectivity index (χ0n) is 11.1. The van der Waals surface area contributed by atoms with Gasteiger partial charge in [-0.1, -0.05) is 0 Å². The molecule has 2 aromatic rings. The number of carbonyl (C=O) groups excluding carboxylic acids is 1. The molecule has 1 N–H and O–H groups in total. The van der Waals surface area contributed by atoms with Crippen molar-refractivity contribution in [3.05, 3.63) is 35.3 Å². The van der Waals surface area contributed by atoms with Gasteiger partial charge in [0.05, 0.1) is 6.42 Å². The maximum absolute atomic E-state index is 13.2. The number of rotatable bonds is 4. The fourth-order valence-corrected chi connectivity index (χ4v) is 1.94. The molecule has 0 aliphatic rings. The molecule has 0 radical (unpaired) electrons. The summed E-state index contributed by atoms with van der Waals surface area (Å²) in [5.74, 6) is -1.69. The van der Waals surface area contributed by atoms with Crippen LogP contribution in [-0.4, -0.2) is 35.5 Å². The second kappa shape index (κ2) is 5.32. The Labute approximate surface area is 114 Å². The number of carboxylic acid groups (broad SMARTS) is 1. The van der Waals surface area contributed by atoms with Crippen LogP contribution in [0.3, 0.4) is 0 Å². The van der Waals surface area contributed by atoms with Crippen LogP contribution < -0.4 is 0 Å². The molecule has 1 amide bonds. The summed E-state index contributed by atoms with van der Waals surface area (Å²) < 4.78 is 18.6. The van der Waals surface area contributed by atoms with Crippen LogP contribution in [0.5, 0.6) is 0 Å². The Morgan fingerprint density at radius 2 is 2.10 bits per heavy atom. The van der Waals surface area contributed by atoms with Crippen molar-refractivity contribution < 1.29 is 23.5 Å². The lowest BCUT2D eigenvalue weighted by Gasteiger charge is -2.14. The monoisotopic (exact) mass is 279 g/mol. The highest BCUT2D eigenvalue weighted by Crippen LogP contribution is 2.26. The van der Waals surface area contributed by atoms with Crippen LogP contribution in [0.2, 0.25) is 0 Å². The third-order valence-electron chi connectivity index (χ3n) is 3.10. The average molecular weight is 279 g/mol. The van der Waals surface area contributed by atoms with E-state index in [0.717, 1.165) is 0 Å². The Bertz CT molecular complexity index is 677. The van der Waals surface area contributed by atoms with Crippen LogP contribution >= 0.6 is 0 Å². The summed E-state index contributed by atoms with van der Waals surface area (Å²) in [6.07, 6.45) is -0.143. The molecule has 0 bridgehead atoms. The van der Waals surface area contributed by atoms with E-state index < -0.39 is 17.7 Å². The molecule has 0 saturated heterocycles. The van der Waals surface area contributed by atoms with E-state index in [1.54, 1.807) is 6.92 Å². The Morgan fingerprint density at radius 1 is 1.40 bits per heavy atom. The van der Waals surface area contributed by atoms with Crippen LogP contribution in [0.25, 0.3) is 11.0 Å². The van der Waals surface area contributed by atoms with Gasteiger partial charge in [-0.25, -0.2) is 4.39 Å². The number of hydrogen-bond acceptors (Lipinski definition) is 3. The molecule has 2 rings (SSSR count). The number of nitrogens with zero attached hydrogens (tertiary/aromatic N) is 1.